The van der Waals surface area contributed by atoms with Gasteiger partial charge in [0.15, 0.2) is 11.5 Å². The summed E-state index contributed by atoms with van der Waals surface area (Å²) in [5, 5.41) is 3.11. The average molecular weight is 239 g/mol. The summed E-state index contributed by atoms with van der Waals surface area (Å²) in [6.07, 6.45) is 0.871. The Morgan fingerprint density at radius 2 is 1.94 bits per heavy atom. The largest absolute Gasteiger partial charge is 0.493 e. The average Bonchev–Trinajstić information content (AvgIpc) is 2.35. The lowest BCUT2D eigenvalue weighted by Crippen LogP contribution is -2.06. The minimum absolute atomic E-state index is 0.632. The highest BCUT2D eigenvalue weighted by molar-refractivity contribution is 5.42. The Morgan fingerprint density at radius 3 is 2.59 bits per heavy atom. The highest BCUT2D eigenvalue weighted by Crippen LogP contribution is 2.28. The van der Waals surface area contributed by atoms with Gasteiger partial charge in [-0.05, 0) is 24.7 Å². The number of ether oxygens (including phenoxy) is 3. The fourth-order valence-electron chi connectivity index (χ4n) is 1.53. The summed E-state index contributed by atoms with van der Waals surface area (Å²) in [4.78, 5) is 0. The quantitative estimate of drug-likeness (QED) is 0.703. The Labute approximate surface area is 103 Å². The van der Waals surface area contributed by atoms with Gasteiger partial charge in [-0.2, -0.15) is 0 Å². The molecule has 0 saturated heterocycles. The molecule has 0 saturated carbocycles. The minimum atomic E-state index is 0.632. The number of methoxy groups -OCH3 is 2. The Bertz CT molecular complexity index is 328. The van der Waals surface area contributed by atoms with Gasteiger partial charge in [0, 0.05) is 26.7 Å². The number of rotatable bonds is 8. The molecule has 0 fully saturated rings. The van der Waals surface area contributed by atoms with Gasteiger partial charge in [-0.3, -0.25) is 0 Å². The molecule has 0 spiro atoms. The van der Waals surface area contributed by atoms with Crippen LogP contribution in [0.25, 0.3) is 0 Å². The van der Waals surface area contributed by atoms with E-state index >= 15 is 0 Å². The summed E-state index contributed by atoms with van der Waals surface area (Å²) in [6.45, 7) is 2.16. The van der Waals surface area contributed by atoms with E-state index in [1.807, 2.05) is 25.2 Å². The van der Waals surface area contributed by atoms with Crippen LogP contribution in [0.2, 0.25) is 0 Å². The van der Waals surface area contributed by atoms with E-state index in [1.54, 1.807) is 14.2 Å². The summed E-state index contributed by atoms with van der Waals surface area (Å²) in [7, 11) is 5.26. The number of hydrogen-bond acceptors (Lipinski definition) is 4. The van der Waals surface area contributed by atoms with Crippen LogP contribution in [-0.4, -0.2) is 34.5 Å². The molecule has 0 amide bonds. The van der Waals surface area contributed by atoms with Crippen LogP contribution < -0.4 is 14.8 Å². The number of benzene rings is 1. The molecule has 0 atom stereocenters. The molecule has 0 aliphatic rings. The van der Waals surface area contributed by atoms with Crippen molar-refractivity contribution in [3.63, 3.8) is 0 Å². The molecule has 0 aliphatic carbocycles. The minimum Gasteiger partial charge on any atom is -0.493 e. The van der Waals surface area contributed by atoms with Crippen LogP contribution in [-0.2, 0) is 11.3 Å². The molecule has 1 aromatic rings. The number of nitrogens with one attached hydrogen (secondary N) is 1. The van der Waals surface area contributed by atoms with Crippen molar-refractivity contribution < 1.29 is 14.2 Å². The fraction of sp³-hybridized carbons (Fsp3) is 0.538. The smallest absolute Gasteiger partial charge is 0.161 e. The molecule has 0 unspecified atom stereocenters. The van der Waals surface area contributed by atoms with Crippen LogP contribution in [0.15, 0.2) is 18.2 Å². The van der Waals surface area contributed by atoms with Gasteiger partial charge in [0.2, 0.25) is 0 Å². The van der Waals surface area contributed by atoms with Gasteiger partial charge in [-0.25, -0.2) is 0 Å². The first kappa shape index (κ1) is 13.8. The lowest BCUT2D eigenvalue weighted by Gasteiger charge is -2.12. The van der Waals surface area contributed by atoms with Gasteiger partial charge in [-0.15, -0.1) is 0 Å². The number of hydrogen-bond donors (Lipinski definition) is 1. The Balaban J connectivity index is 2.62. The van der Waals surface area contributed by atoms with Crippen molar-refractivity contribution in [3.8, 4) is 11.5 Å². The molecule has 0 radical (unpaired) electrons. The second-order valence-corrected chi connectivity index (χ2v) is 3.71. The summed E-state index contributed by atoms with van der Waals surface area (Å²) in [5.41, 5.74) is 1.18. The van der Waals surface area contributed by atoms with Crippen LogP contribution in [0.1, 0.15) is 12.0 Å². The van der Waals surface area contributed by atoms with Gasteiger partial charge in [-0.1, -0.05) is 6.07 Å². The first-order valence-corrected chi connectivity index (χ1v) is 5.75. The molecule has 1 N–H and O–H groups in total. The highest BCUT2D eigenvalue weighted by Gasteiger charge is 2.05. The van der Waals surface area contributed by atoms with Crippen molar-refractivity contribution in [2.75, 3.05) is 34.5 Å². The zero-order valence-electron chi connectivity index (χ0n) is 10.8. The van der Waals surface area contributed by atoms with Crippen LogP contribution >= 0.6 is 0 Å². The monoisotopic (exact) mass is 239 g/mol. The van der Waals surface area contributed by atoms with Crippen molar-refractivity contribution in [1.29, 1.82) is 0 Å². The fourth-order valence-corrected chi connectivity index (χ4v) is 1.53. The normalized spacial score (nSPS) is 10.3. The van der Waals surface area contributed by atoms with Crippen LogP contribution in [0.5, 0.6) is 11.5 Å². The Morgan fingerprint density at radius 1 is 1.12 bits per heavy atom. The summed E-state index contributed by atoms with van der Waals surface area (Å²) in [6, 6.07) is 5.96. The molecule has 4 heteroatoms. The lowest BCUT2D eigenvalue weighted by molar-refractivity contribution is 0.170. The van der Waals surface area contributed by atoms with Gasteiger partial charge in [0.05, 0.1) is 13.7 Å². The maximum atomic E-state index is 5.68. The Hall–Kier alpha value is -1.26. The lowest BCUT2D eigenvalue weighted by atomic mass is 10.2. The molecule has 0 aromatic heterocycles. The van der Waals surface area contributed by atoms with E-state index in [0.29, 0.717) is 13.2 Å². The van der Waals surface area contributed by atoms with E-state index in [1.165, 1.54) is 5.56 Å². The third kappa shape index (κ3) is 4.63. The second-order valence-electron chi connectivity index (χ2n) is 3.71. The van der Waals surface area contributed by atoms with Gasteiger partial charge in [0.1, 0.15) is 0 Å². The highest BCUT2D eigenvalue weighted by atomic mass is 16.5. The van der Waals surface area contributed by atoms with E-state index in [2.05, 4.69) is 5.32 Å². The third-order valence-electron chi connectivity index (χ3n) is 2.36. The first-order valence-electron chi connectivity index (χ1n) is 5.75. The Kier molecular flexibility index (Phi) is 6.43. The van der Waals surface area contributed by atoms with Crippen molar-refractivity contribution in [1.82, 2.24) is 5.32 Å². The molecule has 4 nitrogen and oxygen atoms in total. The molecule has 96 valence electrons. The van der Waals surface area contributed by atoms with Crippen LogP contribution in [0.4, 0.5) is 0 Å². The standard InChI is InChI=1S/C13H21NO3/c1-14-10-11-5-6-12(16-3)13(9-11)17-8-4-7-15-2/h5-6,9,14H,4,7-8,10H2,1-3H3. The molecular formula is C13H21NO3. The first-order chi connectivity index (χ1) is 8.31. The molecule has 1 rings (SSSR count). The van der Waals surface area contributed by atoms with Crippen molar-refractivity contribution in [2.45, 2.75) is 13.0 Å². The van der Waals surface area contributed by atoms with Gasteiger partial charge < -0.3 is 19.5 Å². The van der Waals surface area contributed by atoms with Gasteiger partial charge >= 0.3 is 0 Å². The van der Waals surface area contributed by atoms with E-state index < -0.39 is 0 Å². The zero-order chi connectivity index (χ0) is 12.5. The van der Waals surface area contributed by atoms with Crippen molar-refractivity contribution in [2.24, 2.45) is 0 Å². The molecule has 17 heavy (non-hydrogen) atoms. The predicted octanol–water partition coefficient (Wildman–Crippen LogP) is 1.83. The maximum absolute atomic E-state index is 5.68. The summed E-state index contributed by atoms with van der Waals surface area (Å²) in [5.74, 6) is 1.55. The molecule has 0 aliphatic heterocycles. The van der Waals surface area contributed by atoms with Crippen LogP contribution in [0, 0.1) is 0 Å². The van der Waals surface area contributed by atoms with E-state index in [-0.39, 0.29) is 0 Å². The molecule has 0 bridgehead atoms. The zero-order valence-corrected chi connectivity index (χ0v) is 10.8. The molecular weight excluding hydrogens is 218 g/mol. The maximum Gasteiger partial charge on any atom is 0.161 e. The summed E-state index contributed by atoms with van der Waals surface area (Å²) >= 11 is 0. The molecule has 1 aromatic carbocycles. The van der Waals surface area contributed by atoms with Crippen molar-refractivity contribution >= 4 is 0 Å². The predicted molar refractivity (Wildman–Crippen MR) is 67.7 cm³/mol. The SMILES string of the molecule is CNCc1ccc(OC)c(OCCCOC)c1. The third-order valence-corrected chi connectivity index (χ3v) is 2.36. The van der Waals surface area contributed by atoms with E-state index in [9.17, 15) is 0 Å². The van der Waals surface area contributed by atoms with E-state index in [0.717, 1.165) is 24.5 Å². The molecule has 0 heterocycles. The summed E-state index contributed by atoms with van der Waals surface area (Å²) < 4.78 is 15.9. The van der Waals surface area contributed by atoms with Crippen LogP contribution in [0.3, 0.4) is 0 Å². The second kappa shape index (κ2) is 7.92. The van der Waals surface area contributed by atoms with Crippen molar-refractivity contribution in [3.05, 3.63) is 23.8 Å². The topological polar surface area (TPSA) is 39.7 Å². The van der Waals surface area contributed by atoms with E-state index in [4.69, 9.17) is 14.2 Å². The van der Waals surface area contributed by atoms with Gasteiger partial charge in [0.25, 0.3) is 0 Å².